The zero-order chi connectivity index (χ0) is 13.8. The average Bonchev–Trinajstić information content (AvgIpc) is 2.37. The first-order valence-electron chi connectivity index (χ1n) is 6.30. The quantitative estimate of drug-likeness (QED) is 0.801. The second kappa shape index (κ2) is 6.56. The van der Waals surface area contributed by atoms with Gasteiger partial charge in [-0.1, -0.05) is 63.4 Å². The Kier molecular flexibility index (Phi) is 5.03. The van der Waals surface area contributed by atoms with Crippen LogP contribution in [0.2, 0.25) is 5.02 Å². The van der Waals surface area contributed by atoms with Gasteiger partial charge in [0.1, 0.15) is 0 Å². The van der Waals surface area contributed by atoms with Gasteiger partial charge < -0.3 is 5.32 Å². The summed E-state index contributed by atoms with van der Waals surface area (Å²) in [7, 11) is 0. The standard InChI is InChI=1S/C16H17BrClN/c1-11-4-3-5-13(8-11)12(2)19-10-14-6-7-15(17)9-16(14)18/h3-9,12,19H,10H2,1-2H3/t12-/m0/s1. The van der Waals surface area contributed by atoms with Crippen LogP contribution in [0.4, 0.5) is 0 Å². The summed E-state index contributed by atoms with van der Waals surface area (Å²) in [4.78, 5) is 0. The van der Waals surface area contributed by atoms with E-state index in [4.69, 9.17) is 11.6 Å². The molecule has 0 aromatic heterocycles. The van der Waals surface area contributed by atoms with E-state index in [1.165, 1.54) is 11.1 Å². The van der Waals surface area contributed by atoms with E-state index in [9.17, 15) is 0 Å². The van der Waals surface area contributed by atoms with Crippen molar-refractivity contribution in [3.8, 4) is 0 Å². The lowest BCUT2D eigenvalue weighted by Gasteiger charge is -2.15. The van der Waals surface area contributed by atoms with E-state index in [2.05, 4.69) is 59.4 Å². The summed E-state index contributed by atoms with van der Waals surface area (Å²) in [5.74, 6) is 0. The number of rotatable bonds is 4. The van der Waals surface area contributed by atoms with Gasteiger partial charge in [0, 0.05) is 22.1 Å². The summed E-state index contributed by atoms with van der Waals surface area (Å²) in [5, 5.41) is 4.29. The fourth-order valence-corrected chi connectivity index (χ4v) is 2.73. The molecule has 0 aliphatic carbocycles. The van der Waals surface area contributed by atoms with Crippen molar-refractivity contribution in [2.75, 3.05) is 0 Å². The van der Waals surface area contributed by atoms with Crippen LogP contribution in [0.1, 0.15) is 29.7 Å². The van der Waals surface area contributed by atoms with Gasteiger partial charge in [-0.25, -0.2) is 0 Å². The normalized spacial score (nSPS) is 12.4. The van der Waals surface area contributed by atoms with Gasteiger partial charge in [-0.3, -0.25) is 0 Å². The molecule has 1 nitrogen and oxygen atoms in total. The molecule has 0 amide bonds. The van der Waals surface area contributed by atoms with Crippen molar-refractivity contribution >= 4 is 27.5 Å². The molecule has 0 aliphatic rings. The summed E-state index contributed by atoms with van der Waals surface area (Å²) in [6.45, 7) is 5.05. The average molecular weight is 339 g/mol. The Labute approximate surface area is 128 Å². The summed E-state index contributed by atoms with van der Waals surface area (Å²) in [6, 6.07) is 14.9. The predicted molar refractivity (Wildman–Crippen MR) is 85.6 cm³/mol. The minimum Gasteiger partial charge on any atom is -0.306 e. The summed E-state index contributed by atoms with van der Waals surface area (Å²) in [6.07, 6.45) is 0. The first kappa shape index (κ1) is 14.6. The van der Waals surface area contributed by atoms with Crippen LogP contribution in [0, 0.1) is 6.92 Å². The van der Waals surface area contributed by atoms with E-state index in [0.717, 1.165) is 21.6 Å². The van der Waals surface area contributed by atoms with Crippen molar-refractivity contribution in [2.24, 2.45) is 0 Å². The van der Waals surface area contributed by atoms with Crippen LogP contribution in [-0.4, -0.2) is 0 Å². The van der Waals surface area contributed by atoms with Crippen LogP contribution >= 0.6 is 27.5 Å². The number of hydrogen-bond donors (Lipinski definition) is 1. The van der Waals surface area contributed by atoms with Crippen LogP contribution in [0.5, 0.6) is 0 Å². The van der Waals surface area contributed by atoms with Gasteiger partial charge in [0.15, 0.2) is 0 Å². The Bertz CT molecular complexity index is 568. The predicted octanol–water partition coefficient (Wildman–Crippen LogP) is 5.26. The minimum absolute atomic E-state index is 0.305. The second-order valence-corrected chi connectivity index (χ2v) is 6.08. The molecule has 100 valence electrons. The molecule has 2 aromatic carbocycles. The highest BCUT2D eigenvalue weighted by atomic mass is 79.9. The molecule has 1 atom stereocenters. The molecular weight excluding hydrogens is 322 g/mol. The highest BCUT2D eigenvalue weighted by Crippen LogP contribution is 2.22. The second-order valence-electron chi connectivity index (χ2n) is 4.75. The lowest BCUT2D eigenvalue weighted by Crippen LogP contribution is -2.18. The molecule has 0 spiro atoms. The molecule has 0 unspecified atom stereocenters. The lowest BCUT2D eigenvalue weighted by molar-refractivity contribution is 0.574. The van der Waals surface area contributed by atoms with Crippen molar-refractivity contribution < 1.29 is 0 Å². The Balaban J connectivity index is 2.02. The maximum Gasteiger partial charge on any atom is 0.0462 e. The first-order valence-corrected chi connectivity index (χ1v) is 7.47. The zero-order valence-corrected chi connectivity index (χ0v) is 13.4. The van der Waals surface area contributed by atoms with Crippen molar-refractivity contribution in [1.29, 1.82) is 0 Å². The highest BCUT2D eigenvalue weighted by molar-refractivity contribution is 9.10. The van der Waals surface area contributed by atoms with Crippen LogP contribution in [0.15, 0.2) is 46.9 Å². The molecule has 0 bridgehead atoms. The number of aryl methyl sites for hydroxylation is 1. The van der Waals surface area contributed by atoms with Crippen molar-refractivity contribution in [3.05, 3.63) is 68.7 Å². The van der Waals surface area contributed by atoms with Crippen molar-refractivity contribution in [3.63, 3.8) is 0 Å². The van der Waals surface area contributed by atoms with Gasteiger partial charge in [0.2, 0.25) is 0 Å². The monoisotopic (exact) mass is 337 g/mol. The van der Waals surface area contributed by atoms with Crippen molar-refractivity contribution in [2.45, 2.75) is 26.4 Å². The van der Waals surface area contributed by atoms with Gasteiger partial charge in [-0.05, 0) is 37.1 Å². The van der Waals surface area contributed by atoms with Gasteiger partial charge in [0.05, 0.1) is 0 Å². The fourth-order valence-electron chi connectivity index (χ4n) is 1.99. The molecule has 3 heteroatoms. The fraction of sp³-hybridized carbons (Fsp3) is 0.250. The summed E-state index contributed by atoms with van der Waals surface area (Å²) < 4.78 is 1.01. The molecule has 19 heavy (non-hydrogen) atoms. The Morgan fingerprint density at radius 1 is 1.21 bits per heavy atom. The number of nitrogens with one attached hydrogen (secondary N) is 1. The van der Waals surface area contributed by atoms with Gasteiger partial charge >= 0.3 is 0 Å². The Morgan fingerprint density at radius 2 is 2.00 bits per heavy atom. The smallest absolute Gasteiger partial charge is 0.0462 e. The first-order chi connectivity index (χ1) is 9.06. The van der Waals surface area contributed by atoms with Gasteiger partial charge in [-0.2, -0.15) is 0 Å². The van der Waals surface area contributed by atoms with E-state index in [1.807, 2.05) is 18.2 Å². The van der Waals surface area contributed by atoms with E-state index in [1.54, 1.807) is 0 Å². The Morgan fingerprint density at radius 3 is 2.68 bits per heavy atom. The largest absolute Gasteiger partial charge is 0.306 e. The van der Waals surface area contributed by atoms with E-state index in [-0.39, 0.29) is 0 Å². The Hall–Kier alpha value is -0.830. The maximum absolute atomic E-state index is 6.21. The molecule has 2 rings (SSSR count). The van der Waals surface area contributed by atoms with E-state index in [0.29, 0.717) is 6.04 Å². The third kappa shape index (κ3) is 4.07. The van der Waals surface area contributed by atoms with Gasteiger partial charge in [0.25, 0.3) is 0 Å². The zero-order valence-electron chi connectivity index (χ0n) is 11.1. The molecule has 1 N–H and O–H groups in total. The molecule has 0 aliphatic heterocycles. The van der Waals surface area contributed by atoms with Crippen molar-refractivity contribution in [1.82, 2.24) is 5.32 Å². The van der Waals surface area contributed by atoms with Crippen LogP contribution in [0.3, 0.4) is 0 Å². The molecule has 0 saturated heterocycles. The lowest BCUT2D eigenvalue weighted by atomic mass is 10.1. The minimum atomic E-state index is 0.305. The SMILES string of the molecule is Cc1cccc([C@H](C)NCc2ccc(Br)cc2Cl)c1. The van der Waals surface area contributed by atoms with E-state index >= 15 is 0 Å². The third-order valence-electron chi connectivity index (χ3n) is 3.16. The van der Waals surface area contributed by atoms with Crippen LogP contribution in [0.25, 0.3) is 0 Å². The van der Waals surface area contributed by atoms with Crippen LogP contribution < -0.4 is 5.32 Å². The van der Waals surface area contributed by atoms with Gasteiger partial charge in [-0.15, -0.1) is 0 Å². The van der Waals surface area contributed by atoms with E-state index < -0.39 is 0 Å². The summed E-state index contributed by atoms with van der Waals surface area (Å²) >= 11 is 9.63. The molecule has 2 aromatic rings. The van der Waals surface area contributed by atoms with Crippen LogP contribution in [-0.2, 0) is 6.54 Å². The number of benzene rings is 2. The molecular formula is C16H17BrClN. The molecule has 0 heterocycles. The molecule has 0 radical (unpaired) electrons. The summed E-state index contributed by atoms with van der Waals surface area (Å²) in [5.41, 5.74) is 3.70. The highest BCUT2D eigenvalue weighted by Gasteiger charge is 2.06. The third-order valence-corrected chi connectivity index (χ3v) is 4.00. The maximum atomic E-state index is 6.21. The topological polar surface area (TPSA) is 12.0 Å². The number of hydrogen-bond acceptors (Lipinski definition) is 1. The number of halogens is 2. The molecule has 0 saturated carbocycles. The molecule has 0 fully saturated rings.